The third-order valence-corrected chi connectivity index (χ3v) is 2.83. The van der Waals surface area contributed by atoms with Crippen LogP contribution in [0.1, 0.15) is 11.6 Å². The highest BCUT2D eigenvalue weighted by atomic mass is 16.5. The van der Waals surface area contributed by atoms with Crippen LogP contribution in [0.2, 0.25) is 0 Å². The summed E-state index contributed by atoms with van der Waals surface area (Å²) in [6.07, 6.45) is 1.22. The first-order chi connectivity index (χ1) is 8.74. The van der Waals surface area contributed by atoms with Gasteiger partial charge < -0.3 is 10.1 Å². The van der Waals surface area contributed by atoms with Crippen LogP contribution in [-0.4, -0.2) is 13.2 Å². The van der Waals surface area contributed by atoms with E-state index in [1.807, 2.05) is 36.4 Å². The van der Waals surface area contributed by atoms with Gasteiger partial charge in [0, 0.05) is 0 Å². The summed E-state index contributed by atoms with van der Waals surface area (Å²) in [7, 11) is 1.34. The zero-order chi connectivity index (χ0) is 13.0. The third kappa shape index (κ3) is 2.51. The average Bonchev–Trinajstić information content (AvgIpc) is 2.44. The van der Waals surface area contributed by atoms with Crippen LogP contribution in [0.4, 0.5) is 4.79 Å². The van der Waals surface area contributed by atoms with Crippen LogP contribution in [0, 0.1) is 0 Å². The van der Waals surface area contributed by atoms with Crippen molar-refractivity contribution >= 4 is 16.9 Å². The van der Waals surface area contributed by atoms with Gasteiger partial charge in [0.2, 0.25) is 0 Å². The van der Waals surface area contributed by atoms with Crippen LogP contribution in [0.25, 0.3) is 10.8 Å². The Balaban J connectivity index is 2.33. The number of nitrogens with one attached hydrogen (secondary N) is 1. The predicted molar refractivity (Wildman–Crippen MR) is 72.4 cm³/mol. The van der Waals surface area contributed by atoms with Gasteiger partial charge in [-0.3, -0.25) is 0 Å². The number of carbonyl (C=O) groups is 1. The molecule has 2 aromatic carbocycles. The molecule has 3 heteroatoms. The van der Waals surface area contributed by atoms with E-state index in [0.717, 1.165) is 10.9 Å². The second-order valence-corrected chi connectivity index (χ2v) is 3.96. The molecule has 2 rings (SSSR count). The van der Waals surface area contributed by atoms with E-state index in [-0.39, 0.29) is 6.04 Å². The molecule has 0 aromatic heterocycles. The van der Waals surface area contributed by atoms with Gasteiger partial charge >= 0.3 is 6.09 Å². The molecule has 0 heterocycles. The number of carbonyl (C=O) groups excluding carboxylic acids is 1. The quantitative estimate of drug-likeness (QED) is 0.836. The fourth-order valence-corrected chi connectivity index (χ4v) is 1.87. The smallest absolute Gasteiger partial charge is 0.407 e. The van der Waals surface area contributed by atoms with Crippen molar-refractivity contribution in [2.75, 3.05) is 7.11 Å². The summed E-state index contributed by atoms with van der Waals surface area (Å²) in [6.45, 7) is 3.73. The highest BCUT2D eigenvalue weighted by Gasteiger charge is 2.11. The molecule has 0 aliphatic heterocycles. The maximum Gasteiger partial charge on any atom is 0.407 e. The Morgan fingerprint density at radius 2 is 2.00 bits per heavy atom. The summed E-state index contributed by atoms with van der Waals surface area (Å²) in [4.78, 5) is 11.2. The van der Waals surface area contributed by atoms with E-state index in [1.54, 1.807) is 6.08 Å². The number of hydrogen-bond acceptors (Lipinski definition) is 2. The van der Waals surface area contributed by atoms with Crippen LogP contribution in [0.3, 0.4) is 0 Å². The maximum absolute atomic E-state index is 11.2. The zero-order valence-electron chi connectivity index (χ0n) is 10.2. The van der Waals surface area contributed by atoms with Crippen molar-refractivity contribution in [3.63, 3.8) is 0 Å². The first-order valence-electron chi connectivity index (χ1n) is 5.70. The molecule has 0 spiro atoms. The molecule has 2 aromatic rings. The van der Waals surface area contributed by atoms with Crippen molar-refractivity contribution < 1.29 is 9.53 Å². The van der Waals surface area contributed by atoms with Gasteiger partial charge in [-0.2, -0.15) is 0 Å². The average molecular weight is 241 g/mol. The summed E-state index contributed by atoms with van der Waals surface area (Å²) in [5, 5.41) is 5.02. The summed E-state index contributed by atoms with van der Waals surface area (Å²) >= 11 is 0. The molecule has 0 fully saturated rings. The number of amides is 1. The van der Waals surface area contributed by atoms with Crippen molar-refractivity contribution in [1.82, 2.24) is 5.32 Å². The number of fused-ring (bicyclic) bond motifs is 1. The van der Waals surface area contributed by atoms with Crippen LogP contribution >= 0.6 is 0 Å². The highest BCUT2D eigenvalue weighted by molar-refractivity contribution is 5.83. The number of benzene rings is 2. The molecule has 1 N–H and O–H groups in total. The molecule has 0 aliphatic carbocycles. The van der Waals surface area contributed by atoms with Crippen molar-refractivity contribution in [3.05, 3.63) is 60.7 Å². The van der Waals surface area contributed by atoms with Gasteiger partial charge in [-0.25, -0.2) is 4.79 Å². The molecule has 0 saturated heterocycles. The standard InChI is InChI=1S/C15H15NO2/c1-3-14(16-15(17)18-2)13-9-8-11-6-4-5-7-12(11)10-13/h3-10,14H,1H2,2H3,(H,16,17). The zero-order valence-corrected chi connectivity index (χ0v) is 10.2. The molecule has 0 radical (unpaired) electrons. The first-order valence-corrected chi connectivity index (χ1v) is 5.70. The molecule has 0 aliphatic rings. The molecule has 0 bridgehead atoms. The minimum atomic E-state index is -0.465. The second kappa shape index (κ2) is 5.36. The summed E-state index contributed by atoms with van der Waals surface area (Å²) in [5.41, 5.74) is 0.981. The largest absolute Gasteiger partial charge is 0.453 e. The predicted octanol–water partition coefficient (Wildman–Crippen LogP) is 3.42. The summed E-state index contributed by atoms with van der Waals surface area (Å²) in [6, 6.07) is 13.9. The summed E-state index contributed by atoms with van der Waals surface area (Å²) < 4.78 is 4.59. The van der Waals surface area contributed by atoms with E-state index in [0.29, 0.717) is 0 Å². The Bertz CT molecular complexity index is 577. The van der Waals surface area contributed by atoms with Gasteiger partial charge in [0.25, 0.3) is 0 Å². The fraction of sp³-hybridized carbons (Fsp3) is 0.133. The number of rotatable bonds is 3. The SMILES string of the molecule is C=CC(NC(=O)OC)c1ccc2ccccc2c1. The Kier molecular flexibility index (Phi) is 3.63. The van der Waals surface area contributed by atoms with E-state index >= 15 is 0 Å². The van der Waals surface area contributed by atoms with Crippen LogP contribution < -0.4 is 5.32 Å². The minimum Gasteiger partial charge on any atom is -0.453 e. The normalized spacial score (nSPS) is 11.8. The Morgan fingerprint density at radius 3 is 2.67 bits per heavy atom. The third-order valence-electron chi connectivity index (χ3n) is 2.83. The molecule has 1 unspecified atom stereocenters. The lowest BCUT2D eigenvalue weighted by atomic mass is 10.0. The monoisotopic (exact) mass is 241 g/mol. The molecule has 1 amide bonds. The van der Waals surface area contributed by atoms with Gasteiger partial charge in [0.15, 0.2) is 0 Å². The molecule has 18 heavy (non-hydrogen) atoms. The highest BCUT2D eigenvalue weighted by Crippen LogP contribution is 2.21. The second-order valence-electron chi connectivity index (χ2n) is 3.96. The van der Waals surface area contributed by atoms with Gasteiger partial charge in [0.1, 0.15) is 0 Å². The lowest BCUT2D eigenvalue weighted by Crippen LogP contribution is -2.26. The number of hydrogen-bond donors (Lipinski definition) is 1. The molecule has 1 atom stereocenters. The molecular weight excluding hydrogens is 226 g/mol. The molecule has 92 valence electrons. The van der Waals surface area contributed by atoms with Crippen LogP contribution in [-0.2, 0) is 4.74 Å². The lowest BCUT2D eigenvalue weighted by molar-refractivity contribution is 0.168. The number of methoxy groups -OCH3 is 1. The Labute approximate surface area is 106 Å². The molecule has 0 saturated carbocycles. The van der Waals surface area contributed by atoms with Crippen LogP contribution in [0.5, 0.6) is 0 Å². The topological polar surface area (TPSA) is 38.3 Å². The maximum atomic E-state index is 11.2. The van der Waals surface area contributed by atoms with Crippen molar-refractivity contribution in [2.45, 2.75) is 6.04 Å². The first kappa shape index (κ1) is 12.2. The lowest BCUT2D eigenvalue weighted by Gasteiger charge is -2.14. The fourth-order valence-electron chi connectivity index (χ4n) is 1.87. The van der Waals surface area contributed by atoms with Gasteiger partial charge in [-0.05, 0) is 22.4 Å². The Morgan fingerprint density at radius 1 is 1.28 bits per heavy atom. The van der Waals surface area contributed by atoms with Crippen LogP contribution in [0.15, 0.2) is 55.1 Å². The van der Waals surface area contributed by atoms with Crippen molar-refractivity contribution in [2.24, 2.45) is 0 Å². The van der Waals surface area contributed by atoms with Crippen molar-refractivity contribution in [1.29, 1.82) is 0 Å². The number of ether oxygens (including phenoxy) is 1. The van der Waals surface area contributed by atoms with Gasteiger partial charge in [-0.15, -0.1) is 6.58 Å². The van der Waals surface area contributed by atoms with Crippen molar-refractivity contribution in [3.8, 4) is 0 Å². The molecule has 3 nitrogen and oxygen atoms in total. The van der Waals surface area contributed by atoms with E-state index in [1.165, 1.54) is 12.5 Å². The van der Waals surface area contributed by atoms with Gasteiger partial charge in [-0.1, -0.05) is 42.5 Å². The minimum absolute atomic E-state index is 0.248. The Hall–Kier alpha value is -2.29. The van der Waals surface area contributed by atoms with E-state index in [2.05, 4.69) is 22.7 Å². The van der Waals surface area contributed by atoms with E-state index < -0.39 is 6.09 Å². The molecular formula is C15H15NO2. The van der Waals surface area contributed by atoms with E-state index in [4.69, 9.17) is 0 Å². The van der Waals surface area contributed by atoms with Gasteiger partial charge in [0.05, 0.1) is 13.2 Å². The summed E-state index contributed by atoms with van der Waals surface area (Å²) in [5.74, 6) is 0. The number of alkyl carbamates (subject to hydrolysis) is 1. The van der Waals surface area contributed by atoms with E-state index in [9.17, 15) is 4.79 Å².